The minimum atomic E-state index is -0.0420. The minimum Gasteiger partial charge on any atom is -0.337 e. The van der Waals surface area contributed by atoms with Crippen LogP contribution in [0, 0.1) is 0 Å². The number of carbonyl (C=O) groups is 1. The Hall–Kier alpha value is -1.10. The van der Waals surface area contributed by atoms with Gasteiger partial charge < -0.3 is 4.90 Å². The molecular weight excluding hydrogens is 210 g/mol. The third-order valence-corrected chi connectivity index (χ3v) is 2.61. The molecule has 4 nitrogen and oxygen atoms in total. The number of hydrogen-bond acceptors (Lipinski definition) is 4. The number of nitrogens with zero attached hydrogens (tertiary/aromatic N) is 3. The molecule has 0 saturated heterocycles. The summed E-state index contributed by atoms with van der Waals surface area (Å²) in [4.78, 5) is 21.6. The van der Waals surface area contributed by atoms with Crippen molar-refractivity contribution in [2.75, 3.05) is 25.1 Å². The van der Waals surface area contributed by atoms with E-state index in [2.05, 4.69) is 9.97 Å². The van der Waals surface area contributed by atoms with Gasteiger partial charge in [0.05, 0.1) is 6.20 Å². The summed E-state index contributed by atoms with van der Waals surface area (Å²) >= 11 is 1.73. The van der Waals surface area contributed by atoms with E-state index in [0.29, 0.717) is 12.2 Å². The zero-order chi connectivity index (χ0) is 11.1. The van der Waals surface area contributed by atoms with Crippen LogP contribution in [-0.4, -0.2) is 45.9 Å². The summed E-state index contributed by atoms with van der Waals surface area (Å²) in [6.07, 6.45) is 6.63. The van der Waals surface area contributed by atoms with E-state index >= 15 is 0 Å². The van der Waals surface area contributed by atoms with E-state index in [1.807, 2.05) is 13.2 Å². The van der Waals surface area contributed by atoms with Crippen LogP contribution < -0.4 is 0 Å². The lowest BCUT2D eigenvalue weighted by Gasteiger charge is -2.19. The zero-order valence-electron chi connectivity index (χ0n) is 9.01. The average molecular weight is 225 g/mol. The highest BCUT2D eigenvalue weighted by Crippen LogP contribution is 2.02. The Kier molecular flexibility index (Phi) is 5.10. The maximum Gasteiger partial charge on any atom is 0.274 e. The molecule has 1 aromatic heterocycles. The summed E-state index contributed by atoms with van der Waals surface area (Å²) in [5.74, 6) is 0.902. The third kappa shape index (κ3) is 3.51. The smallest absolute Gasteiger partial charge is 0.274 e. The fourth-order valence-corrected chi connectivity index (χ4v) is 1.58. The fourth-order valence-electron chi connectivity index (χ4n) is 1.18. The molecule has 0 aliphatic rings. The molecule has 0 unspecified atom stereocenters. The van der Waals surface area contributed by atoms with Gasteiger partial charge in [-0.25, -0.2) is 4.98 Å². The number of amides is 1. The Morgan fingerprint density at radius 1 is 1.53 bits per heavy atom. The number of rotatable bonds is 5. The van der Waals surface area contributed by atoms with Crippen molar-refractivity contribution in [1.82, 2.24) is 14.9 Å². The lowest BCUT2D eigenvalue weighted by Crippen LogP contribution is -2.33. The van der Waals surface area contributed by atoms with E-state index in [9.17, 15) is 4.79 Å². The molecule has 0 N–H and O–H groups in total. The van der Waals surface area contributed by atoms with Gasteiger partial charge in [0.15, 0.2) is 0 Å². The van der Waals surface area contributed by atoms with E-state index in [1.54, 1.807) is 22.9 Å². The van der Waals surface area contributed by atoms with Crippen LogP contribution in [0.15, 0.2) is 18.6 Å². The normalized spacial score (nSPS) is 10.0. The quantitative estimate of drug-likeness (QED) is 0.758. The van der Waals surface area contributed by atoms with E-state index in [1.165, 1.54) is 12.4 Å². The zero-order valence-corrected chi connectivity index (χ0v) is 9.83. The van der Waals surface area contributed by atoms with Gasteiger partial charge in [0.25, 0.3) is 5.91 Å². The molecule has 0 bridgehead atoms. The van der Waals surface area contributed by atoms with Gasteiger partial charge in [-0.05, 0) is 13.2 Å². The Balaban J connectivity index is 2.65. The first-order chi connectivity index (χ1) is 7.29. The summed E-state index contributed by atoms with van der Waals surface area (Å²) in [6, 6.07) is 0. The molecule has 0 aliphatic carbocycles. The van der Waals surface area contributed by atoms with Crippen LogP contribution in [0.2, 0.25) is 0 Å². The Labute approximate surface area is 94.1 Å². The van der Waals surface area contributed by atoms with E-state index in [4.69, 9.17) is 0 Å². The van der Waals surface area contributed by atoms with Crippen molar-refractivity contribution in [2.45, 2.75) is 6.92 Å². The molecule has 0 radical (unpaired) electrons. The lowest BCUT2D eigenvalue weighted by molar-refractivity contribution is 0.0768. The van der Waals surface area contributed by atoms with Crippen molar-refractivity contribution >= 4 is 17.7 Å². The van der Waals surface area contributed by atoms with Crippen molar-refractivity contribution in [1.29, 1.82) is 0 Å². The molecule has 15 heavy (non-hydrogen) atoms. The van der Waals surface area contributed by atoms with Crippen LogP contribution >= 0.6 is 11.8 Å². The molecule has 5 heteroatoms. The molecule has 0 atom stereocenters. The number of aromatic nitrogens is 2. The predicted molar refractivity (Wildman–Crippen MR) is 62.0 cm³/mol. The maximum absolute atomic E-state index is 11.9. The maximum atomic E-state index is 11.9. The van der Waals surface area contributed by atoms with Gasteiger partial charge in [-0.3, -0.25) is 9.78 Å². The van der Waals surface area contributed by atoms with Crippen molar-refractivity contribution in [3.05, 3.63) is 24.3 Å². The fraction of sp³-hybridized carbons (Fsp3) is 0.500. The summed E-state index contributed by atoms with van der Waals surface area (Å²) < 4.78 is 0. The molecule has 1 rings (SSSR count). The molecule has 82 valence electrons. The number of hydrogen-bond donors (Lipinski definition) is 0. The van der Waals surface area contributed by atoms with Gasteiger partial charge in [-0.1, -0.05) is 0 Å². The first-order valence-corrected chi connectivity index (χ1v) is 6.23. The Bertz CT molecular complexity index is 305. The first kappa shape index (κ1) is 12.0. The van der Waals surface area contributed by atoms with Crippen LogP contribution in [0.25, 0.3) is 0 Å². The minimum absolute atomic E-state index is 0.0420. The second kappa shape index (κ2) is 6.40. The van der Waals surface area contributed by atoms with Gasteiger partial charge in [-0.2, -0.15) is 11.8 Å². The summed E-state index contributed by atoms with van der Waals surface area (Å²) in [5, 5.41) is 0. The van der Waals surface area contributed by atoms with E-state index in [-0.39, 0.29) is 5.91 Å². The molecular formula is C10H15N3OS. The van der Waals surface area contributed by atoms with Gasteiger partial charge >= 0.3 is 0 Å². The van der Waals surface area contributed by atoms with Crippen LogP contribution in [0.4, 0.5) is 0 Å². The van der Waals surface area contributed by atoms with Crippen LogP contribution in [-0.2, 0) is 0 Å². The van der Waals surface area contributed by atoms with Gasteiger partial charge in [0, 0.05) is 31.2 Å². The molecule has 0 spiro atoms. The highest BCUT2D eigenvalue weighted by Gasteiger charge is 2.14. The third-order valence-electron chi connectivity index (χ3n) is 2.02. The Morgan fingerprint density at radius 2 is 2.33 bits per heavy atom. The van der Waals surface area contributed by atoms with Crippen molar-refractivity contribution in [2.24, 2.45) is 0 Å². The Morgan fingerprint density at radius 3 is 2.87 bits per heavy atom. The highest BCUT2D eigenvalue weighted by atomic mass is 32.2. The standard InChI is InChI=1S/C10H15N3OS/c1-3-13(6-7-15-2)10(14)9-8-11-4-5-12-9/h4-5,8H,3,6-7H2,1-2H3. The predicted octanol–water partition coefficient (Wildman–Crippen LogP) is 1.30. The number of thioether (sulfide) groups is 1. The SMILES string of the molecule is CCN(CCSC)C(=O)c1cnccn1. The highest BCUT2D eigenvalue weighted by molar-refractivity contribution is 7.98. The van der Waals surface area contributed by atoms with E-state index < -0.39 is 0 Å². The first-order valence-electron chi connectivity index (χ1n) is 4.83. The van der Waals surface area contributed by atoms with Crippen LogP contribution in [0.5, 0.6) is 0 Å². The summed E-state index contributed by atoms with van der Waals surface area (Å²) in [7, 11) is 0. The molecule has 0 saturated carbocycles. The molecule has 0 aliphatic heterocycles. The summed E-state index contributed by atoms with van der Waals surface area (Å²) in [5.41, 5.74) is 0.417. The molecule has 1 amide bonds. The average Bonchev–Trinajstić information content (AvgIpc) is 2.31. The largest absolute Gasteiger partial charge is 0.337 e. The van der Waals surface area contributed by atoms with Crippen molar-refractivity contribution in [3.63, 3.8) is 0 Å². The molecule has 1 heterocycles. The molecule has 1 aromatic rings. The van der Waals surface area contributed by atoms with E-state index in [0.717, 1.165) is 12.3 Å². The monoisotopic (exact) mass is 225 g/mol. The summed E-state index contributed by atoms with van der Waals surface area (Å²) in [6.45, 7) is 3.43. The second-order valence-electron chi connectivity index (χ2n) is 2.97. The van der Waals surface area contributed by atoms with Crippen molar-refractivity contribution in [3.8, 4) is 0 Å². The topological polar surface area (TPSA) is 46.1 Å². The van der Waals surface area contributed by atoms with Gasteiger partial charge in [0.2, 0.25) is 0 Å². The second-order valence-corrected chi connectivity index (χ2v) is 3.95. The molecule has 0 aromatic carbocycles. The van der Waals surface area contributed by atoms with Crippen LogP contribution in [0.1, 0.15) is 17.4 Å². The molecule has 0 fully saturated rings. The van der Waals surface area contributed by atoms with Gasteiger partial charge in [0.1, 0.15) is 5.69 Å². The van der Waals surface area contributed by atoms with Crippen molar-refractivity contribution < 1.29 is 4.79 Å². The van der Waals surface area contributed by atoms with Crippen LogP contribution in [0.3, 0.4) is 0 Å². The van der Waals surface area contributed by atoms with Gasteiger partial charge in [-0.15, -0.1) is 0 Å². The lowest BCUT2D eigenvalue weighted by atomic mass is 10.3. The number of carbonyl (C=O) groups excluding carboxylic acids is 1.